The number of ether oxygens (including phenoxy) is 1. The fraction of sp³-hybridized carbons (Fsp3) is 0.371. The fourth-order valence-corrected chi connectivity index (χ4v) is 4.92. The molecule has 0 saturated carbocycles. The minimum absolute atomic E-state index is 0.103. The number of amides is 3. The summed E-state index contributed by atoms with van der Waals surface area (Å²) in [6.07, 6.45) is -0.227. The zero-order valence-electron chi connectivity index (χ0n) is 26.3. The molecule has 0 aliphatic rings. The summed E-state index contributed by atoms with van der Waals surface area (Å²) in [6, 6.07) is 24.4. The highest BCUT2D eigenvalue weighted by Crippen LogP contribution is 2.20. The number of rotatable bonds is 12. The van der Waals surface area contributed by atoms with Crippen LogP contribution in [0.1, 0.15) is 37.5 Å². The van der Waals surface area contributed by atoms with Gasteiger partial charge in [-0.3, -0.25) is 14.5 Å². The quantitative estimate of drug-likeness (QED) is 0.323. The summed E-state index contributed by atoms with van der Waals surface area (Å²) >= 11 is 0. The maximum atomic E-state index is 14.3. The van der Waals surface area contributed by atoms with Crippen LogP contribution in [0.15, 0.2) is 91.0 Å². The third-order valence-electron chi connectivity index (χ3n) is 7.45. The second kappa shape index (κ2) is 15.2. The Balaban J connectivity index is 1.98. The highest BCUT2D eigenvalue weighted by Gasteiger charge is 2.39. The van der Waals surface area contributed by atoms with Crippen molar-refractivity contribution in [2.45, 2.75) is 63.8 Å². The summed E-state index contributed by atoms with van der Waals surface area (Å²) in [6.45, 7) is 5.24. The number of hydrogen-bond acceptors (Lipinski definition) is 5. The van der Waals surface area contributed by atoms with Crippen LogP contribution in [0.2, 0.25) is 0 Å². The molecule has 3 aromatic carbocycles. The number of carbonyl (C=O) groups excluding carboxylic acids is 3. The molecule has 3 amide bonds. The van der Waals surface area contributed by atoms with Crippen LogP contribution in [0, 0.1) is 0 Å². The normalized spacial score (nSPS) is 13.2. The molecule has 9 nitrogen and oxygen atoms in total. The van der Waals surface area contributed by atoms with Crippen molar-refractivity contribution < 1.29 is 29.0 Å². The van der Waals surface area contributed by atoms with Gasteiger partial charge in [-0.05, 0) is 37.5 Å². The lowest BCUT2D eigenvalue weighted by atomic mass is 9.99. The number of carboxylic acids is 1. The van der Waals surface area contributed by atoms with E-state index >= 15 is 0 Å². The van der Waals surface area contributed by atoms with Gasteiger partial charge in [0.2, 0.25) is 11.8 Å². The zero-order valence-corrected chi connectivity index (χ0v) is 26.3. The van der Waals surface area contributed by atoms with E-state index < -0.39 is 47.6 Å². The Morgan fingerprint density at radius 2 is 0.909 bits per heavy atom. The second-order valence-corrected chi connectivity index (χ2v) is 11.9. The average Bonchev–Trinajstić information content (AvgIpc) is 3.00. The summed E-state index contributed by atoms with van der Waals surface area (Å²) in [4.78, 5) is 57.8. The molecule has 0 radical (unpaired) electrons. The molecule has 0 aliphatic carbocycles. The molecule has 234 valence electrons. The summed E-state index contributed by atoms with van der Waals surface area (Å²) in [5.74, 6) is -2.14. The molecule has 0 saturated heterocycles. The Morgan fingerprint density at radius 1 is 0.591 bits per heavy atom. The molecule has 0 bridgehead atoms. The summed E-state index contributed by atoms with van der Waals surface area (Å²) in [7, 11) is 4.48. The first kappa shape index (κ1) is 33.8. The first-order valence-corrected chi connectivity index (χ1v) is 14.6. The highest BCUT2D eigenvalue weighted by atomic mass is 16.6. The van der Waals surface area contributed by atoms with E-state index in [-0.39, 0.29) is 19.3 Å². The van der Waals surface area contributed by atoms with Crippen LogP contribution >= 0.6 is 0 Å². The molecule has 0 aliphatic heterocycles. The number of carbonyl (C=O) groups is 4. The minimum Gasteiger partial charge on any atom is -0.480 e. The highest BCUT2D eigenvalue weighted by molar-refractivity contribution is 5.93. The van der Waals surface area contributed by atoms with Crippen molar-refractivity contribution in [2.75, 3.05) is 21.1 Å². The van der Waals surface area contributed by atoms with E-state index in [1.165, 1.54) is 35.8 Å². The van der Waals surface area contributed by atoms with E-state index in [9.17, 15) is 24.3 Å². The van der Waals surface area contributed by atoms with E-state index in [0.29, 0.717) is 0 Å². The third kappa shape index (κ3) is 9.42. The van der Waals surface area contributed by atoms with Crippen LogP contribution in [0.4, 0.5) is 4.79 Å². The van der Waals surface area contributed by atoms with Crippen molar-refractivity contribution in [1.29, 1.82) is 0 Å². The van der Waals surface area contributed by atoms with Gasteiger partial charge in [0.1, 0.15) is 23.7 Å². The van der Waals surface area contributed by atoms with Gasteiger partial charge in [-0.1, -0.05) is 91.0 Å². The lowest BCUT2D eigenvalue weighted by Gasteiger charge is -2.37. The van der Waals surface area contributed by atoms with Crippen molar-refractivity contribution in [3.05, 3.63) is 108 Å². The summed E-state index contributed by atoms with van der Waals surface area (Å²) in [5.41, 5.74) is 1.61. The molecule has 3 rings (SSSR count). The predicted octanol–water partition coefficient (Wildman–Crippen LogP) is 4.69. The maximum Gasteiger partial charge on any atom is 0.410 e. The number of likely N-dealkylation sites (N-methyl/N-ethyl adjacent to an activating group) is 3. The van der Waals surface area contributed by atoms with E-state index in [1.807, 2.05) is 91.0 Å². The van der Waals surface area contributed by atoms with Gasteiger partial charge in [0.15, 0.2) is 0 Å². The van der Waals surface area contributed by atoms with Crippen molar-refractivity contribution in [3.8, 4) is 0 Å². The third-order valence-corrected chi connectivity index (χ3v) is 7.45. The molecular formula is C35H43N3O6. The summed E-state index contributed by atoms with van der Waals surface area (Å²) in [5, 5.41) is 10.1. The van der Waals surface area contributed by atoms with Gasteiger partial charge in [0.25, 0.3) is 0 Å². The molecular weight excluding hydrogens is 558 g/mol. The van der Waals surface area contributed by atoms with Gasteiger partial charge < -0.3 is 19.6 Å². The summed E-state index contributed by atoms with van der Waals surface area (Å²) < 4.78 is 5.58. The van der Waals surface area contributed by atoms with Gasteiger partial charge in [0.05, 0.1) is 0 Å². The number of benzene rings is 3. The molecule has 0 fully saturated rings. The molecule has 0 unspecified atom stereocenters. The molecule has 9 heteroatoms. The first-order valence-electron chi connectivity index (χ1n) is 14.6. The van der Waals surface area contributed by atoms with Gasteiger partial charge in [-0.15, -0.1) is 0 Å². The SMILES string of the molecule is CN(C(=O)OC(C)(C)C)[C@@H](Cc1ccccc1)C(=O)N(C)[C@@H](Cc1ccccc1)C(=O)N(C)[C@@H](Cc1ccccc1)C(=O)O. The fourth-order valence-electron chi connectivity index (χ4n) is 4.92. The monoisotopic (exact) mass is 601 g/mol. The Hall–Kier alpha value is -4.66. The molecule has 0 spiro atoms. The Bertz CT molecular complexity index is 1390. The Kier molecular flexibility index (Phi) is 11.7. The van der Waals surface area contributed by atoms with Crippen LogP contribution in [0.5, 0.6) is 0 Å². The Morgan fingerprint density at radius 3 is 1.25 bits per heavy atom. The van der Waals surface area contributed by atoms with Crippen LogP contribution in [0.3, 0.4) is 0 Å². The maximum absolute atomic E-state index is 14.3. The Labute approximate surface area is 260 Å². The standard InChI is InChI=1S/C35H43N3O6/c1-35(2,3)44-34(43)38(6)29(23-26-18-12-8-13-19-26)32(40)36(4)28(22-25-16-10-7-11-17-25)31(39)37(5)30(33(41)42)24-27-20-14-9-15-21-27/h7-21,28-30H,22-24H2,1-6H3,(H,41,42)/t28-,29-,30-/m0/s1. The average molecular weight is 602 g/mol. The number of carboxylic acid groups (broad SMARTS) is 1. The second-order valence-electron chi connectivity index (χ2n) is 11.9. The smallest absolute Gasteiger partial charge is 0.410 e. The molecule has 3 atom stereocenters. The van der Waals surface area contributed by atoms with Gasteiger partial charge in [-0.2, -0.15) is 0 Å². The zero-order chi connectivity index (χ0) is 32.4. The van der Waals surface area contributed by atoms with Gasteiger partial charge in [-0.25, -0.2) is 9.59 Å². The first-order chi connectivity index (χ1) is 20.8. The van der Waals surface area contributed by atoms with Crippen molar-refractivity contribution in [1.82, 2.24) is 14.7 Å². The van der Waals surface area contributed by atoms with Crippen molar-refractivity contribution in [3.63, 3.8) is 0 Å². The van der Waals surface area contributed by atoms with Crippen LogP contribution in [-0.2, 0) is 38.4 Å². The molecule has 3 aromatic rings. The van der Waals surface area contributed by atoms with E-state index in [2.05, 4.69) is 0 Å². The molecule has 1 N–H and O–H groups in total. The van der Waals surface area contributed by atoms with Crippen LogP contribution in [0.25, 0.3) is 0 Å². The van der Waals surface area contributed by atoms with E-state index in [4.69, 9.17) is 4.74 Å². The van der Waals surface area contributed by atoms with Crippen LogP contribution in [-0.4, -0.2) is 88.6 Å². The number of nitrogens with zero attached hydrogens (tertiary/aromatic N) is 3. The molecule has 0 heterocycles. The number of aliphatic carboxylic acids is 1. The van der Waals surface area contributed by atoms with E-state index in [0.717, 1.165) is 16.7 Å². The van der Waals surface area contributed by atoms with Crippen molar-refractivity contribution in [2.24, 2.45) is 0 Å². The topological polar surface area (TPSA) is 107 Å². The largest absolute Gasteiger partial charge is 0.480 e. The van der Waals surface area contributed by atoms with Crippen molar-refractivity contribution >= 4 is 23.9 Å². The van der Waals surface area contributed by atoms with E-state index in [1.54, 1.807) is 20.8 Å². The molecule has 44 heavy (non-hydrogen) atoms. The lowest BCUT2D eigenvalue weighted by Crippen LogP contribution is -2.58. The van der Waals surface area contributed by atoms with Gasteiger partial charge in [0, 0.05) is 40.4 Å². The lowest BCUT2D eigenvalue weighted by molar-refractivity contribution is -0.153. The predicted molar refractivity (Wildman–Crippen MR) is 169 cm³/mol. The minimum atomic E-state index is -1.16. The van der Waals surface area contributed by atoms with Gasteiger partial charge >= 0.3 is 12.1 Å². The number of hydrogen-bond donors (Lipinski definition) is 1. The van der Waals surface area contributed by atoms with Crippen LogP contribution < -0.4 is 0 Å². The molecule has 0 aromatic heterocycles.